The molecule has 0 unspecified atom stereocenters. The van der Waals surface area contributed by atoms with Crippen molar-refractivity contribution in [3.05, 3.63) is 62.2 Å². The third-order valence-electron chi connectivity index (χ3n) is 6.39. The van der Waals surface area contributed by atoms with Crippen LogP contribution in [0.25, 0.3) is 0 Å². The zero-order valence-corrected chi connectivity index (χ0v) is 21.9. The molecule has 1 amide bonds. The summed E-state index contributed by atoms with van der Waals surface area (Å²) >= 11 is 2.32. The SMILES string of the molecule is CCOC(=O)CCCc1ccc(C#N)cc1NC(=O)C[C@]1(C)CC(C)(C)c2ccc(I)cc21. The minimum absolute atomic E-state index is 0.00763. The summed E-state index contributed by atoms with van der Waals surface area (Å²) < 4.78 is 6.17. The van der Waals surface area contributed by atoms with Gasteiger partial charge in [0.05, 0.1) is 18.2 Å². The number of nitriles is 1. The molecule has 5 nitrogen and oxygen atoms in total. The van der Waals surface area contributed by atoms with Crippen molar-refractivity contribution >= 4 is 40.2 Å². The summed E-state index contributed by atoms with van der Waals surface area (Å²) in [5, 5.41) is 12.4. The van der Waals surface area contributed by atoms with Gasteiger partial charge >= 0.3 is 5.97 Å². The van der Waals surface area contributed by atoms with Crippen molar-refractivity contribution in [3.63, 3.8) is 0 Å². The van der Waals surface area contributed by atoms with Crippen molar-refractivity contribution in [3.8, 4) is 6.07 Å². The predicted octanol–water partition coefficient (Wildman–Crippen LogP) is 6.02. The number of carbonyl (C=O) groups excluding carboxylic acids is 2. The number of fused-ring (bicyclic) bond motifs is 1. The number of carbonyl (C=O) groups is 2. The largest absolute Gasteiger partial charge is 0.466 e. The first kappa shape index (κ1) is 25.2. The Hall–Kier alpha value is -2.40. The highest BCUT2D eigenvalue weighted by Crippen LogP contribution is 2.51. The van der Waals surface area contributed by atoms with Crippen molar-refractivity contribution in [2.24, 2.45) is 0 Å². The molecule has 2 aromatic rings. The molecule has 0 saturated carbocycles. The molecule has 0 spiro atoms. The van der Waals surface area contributed by atoms with Crippen LogP contribution >= 0.6 is 22.6 Å². The van der Waals surface area contributed by atoms with Crippen molar-refractivity contribution in [1.29, 1.82) is 5.26 Å². The van der Waals surface area contributed by atoms with Crippen LogP contribution in [-0.4, -0.2) is 18.5 Å². The summed E-state index contributed by atoms with van der Waals surface area (Å²) in [6.07, 6.45) is 2.82. The molecule has 0 heterocycles. The van der Waals surface area contributed by atoms with Crippen LogP contribution in [0.15, 0.2) is 36.4 Å². The van der Waals surface area contributed by atoms with Crippen molar-refractivity contribution in [2.75, 3.05) is 11.9 Å². The number of amides is 1. The minimum Gasteiger partial charge on any atom is -0.466 e. The summed E-state index contributed by atoms with van der Waals surface area (Å²) in [5.41, 5.74) is 4.35. The van der Waals surface area contributed by atoms with Gasteiger partial charge < -0.3 is 10.1 Å². The van der Waals surface area contributed by atoms with Gasteiger partial charge in [-0.25, -0.2) is 0 Å². The molecule has 1 atom stereocenters. The smallest absolute Gasteiger partial charge is 0.305 e. The minimum atomic E-state index is -0.263. The molecule has 1 N–H and O–H groups in total. The van der Waals surface area contributed by atoms with Crippen molar-refractivity contribution in [2.45, 2.75) is 70.6 Å². The van der Waals surface area contributed by atoms with E-state index in [0.717, 1.165) is 12.0 Å². The summed E-state index contributed by atoms with van der Waals surface area (Å²) in [7, 11) is 0. The fourth-order valence-corrected chi connectivity index (χ4v) is 5.61. The fourth-order valence-electron chi connectivity index (χ4n) is 5.12. The van der Waals surface area contributed by atoms with Crippen LogP contribution in [0.3, 0.4) is 0 Å². The van der Waals surface area contributed by atoms with E-state index in [1.165, 1.54) is 14.7 Å². The molecule has 33 heavy (non-hydrogen) atoms. The average molecular weight is 558 g/mol. The number of ether oxygens (including phenoxy) is 1. The Balaban J connectivity index is 1.77. The Morgan fingerprint density at radius 3 is 2.61 bits per heavy atom. The standard InChI is InChI=1S/C27H31IN2O3/c1-5-33-25(32)8-6-7-19-10-9-18(16-29)13-23(19)30-24(31)15-27(4)17-26(2,3)21-12-11-20(28)14-22(21)27/h9-14H,5-8,15,17H2,1-4H3,(H,30,31)/t27-/m1/s1. The van der Waals surface area contributed by atoms with E-state index in [2.05, 4.69) is 72.9 Å². The van der Waals surface area contributed by atoms with E-state index in [4.69, 9.17) is 4.74 Å². The first-order valence-corrected chi connectivity index (χ1v) is 12.4. The van der Waals surface area contributed by atoms with Gasteiger partial charge in [0, 0.05) is 27.5 Å². The van der Waals surface area contributed by atoms with Gasteiger partial charge in [-0.2, -0.15) is 5.26 Å². The molecule has 1 aliphatic rings. The van der Waals surface area contributed by atoms with Crippen LogP contribution in [0, 0.1) is 14.9 Å². The lowest BCUT2D eigenvalue weighted by molar-refractivity contribution is -0.143. The number of nitrogens with one attached hydrogen (secondary N) is 1. The summed E-state index contributed by atoms with van der Waals surface area (Å²) in [6.45, 7) is 8.80. The lowest BCUT2D eigenvalue weighted by Gasteiger charge is -2.27. The van der Waals surface area contributed by atoms with E-state index >= 15 is 0 Å². The van der Waals surface area contributed by atoms with E-state index in [1.54, 1.807) is 19.1 Å². The molecule has 3 rings (SSSR count). The molecule has 6 heteroatoms. The number of hydrogen-bond acceptors (Lipinski definition) is 4. The maximum absolute atomic E-state index is 13.2. The summed E-state index contributed by atoms with van der Waals surface area (Å²) in [4.78, 5) is 24.9. The van der Waals surface area contributed by atoms with Gasteiger partial charge in [0.2, 0.25) is 5.91 Å². The first-order valence-electron chi connectivity index (χ1n) is 11.4. The zero-order chi connectivity index (χ0) is 24.2. The molecule has 0 bridgehead atoms. The number of nitrogens with zero attached hydrogens (tertiary/aromatic N) is 1. The monoisotopic (exact) mass is 558 g/mol. The van der Waals surface area contributed by atoms with Crippen molar-refractivity contribution < 1.29 is 14.3 Å². The second-order valence-electron chi connectivity index (χ2n) is 9.68. The number of rotatable bonds is 8. The quantitative estimate of drug-likeness (QED) is 0.318. The van der Waals surface area contributed by atoms with Gasteiger partial charge in [-0.3, -0.25) is 9.59 Å². The van der Waals surface area contributed by atoms with Crippen LogP contribution in [0.5, 0.6) is 0 Å². The van der Waals surface area contributed by atoms with Gasteiger partial charge in [0.25, 0.3) is 0 Å². The molecule has 0 radical (unpaired) electrons. The van der Waals surface area contributed by atoms with Crippen LogP contribution in [0.2, 0.25) is 0 Å². The third-order valence-corrected chi connectivity index (χ3v) is 7.06. The number of hydrogen-bond donors (Lipinski definition) is 1. The maximum Gasteiger partial charge on any atom is 0.305 e. The third kappa shape index (κ3) is 5.94. The van der Waals surface area contributed by atoms with Crippen LogP contribution in [-0.2, 0) is 31.6 Å². The number of esters is 1. The van der Waals surface area contributed by atoms with Crippen LogP contribution in [0.4, 0.5) is 5.69 Å². The van der Waals surface area contributed by atoms with Gasteiger partial charge in [-0.05, 0) is 95.1 Å². The number of benzene rings is 2. The highest BCUT2D eigenvalue weighted by atomic mass is 127. The topological polar surface area (TPSA) is 79.2 Å². The van der Waals surface area contributed by atoms with Gasteiger partial charge in [-0.15, -0.1) is 0 Å². The lowest BCUT2D eigenvalue weighted by atomic mass is 9.77. The number of anilines is 1. The van der Waals surface area contributed by atoms with Crippen molar-refractivity contribution in [1.82, 2.24) is 0 Å². The molecule has 2 aromatic carbocycles. The Kier molecular flexibility index (Phi) is 7.84. The Morgan fingerprint density at radius 2 is 1.91 bits per heavy atom. The van der Waals surface area contributed by atoms with Crippen LogP contribution < -0.4 is 5.32 Å². The van der Waals surface area contributed by atoms with E-state index in [9.17, 15) is 14.9 Å². The molecule has 1 aliphatic carbocycles. The van der Waals surface area contributed by atoms with E-state index in [-0.39, 0.29) is 22.7 Å². The second-order valence-corrected chi connectivity index (χ2v) is 10.9. The highest BCUT2D eigenvalue weighted by Gasteiger charge is 2.45. The molecule has 0 aromatic heterocycles. The van der Waals surface area contributed by atoms with Gasteiger partial charge in [0.15, 0.2) is 0 Å². The Labute approximate surface area is 210 Å². The molecule has 174 valence electrons. The Morgan fingerprint density at radius 1 is 1.15 bits per heavy atom. The molecule has 0 fully saturated rings. The fraction of sp³-hybridized carbons (Fsp3) is 0.444. The van der Waals surface area contributed by atoms with E-state index < -0.39 is 0 Å². The average Bonchev–Trinajstić information content (AvgIpc) is 2.93. The molecular formula is C27H31IN2O3. The van der Waals surface area contributed by atoms with E-state index in [1.807, 2.05) is 6.07 Å². The lowest BCUT2D eigenvalue weighted by Crippen LogP contribution is -2.28. The number of halogens is 1. The maximum atomic E-state index is 13.2. The highest BCUT2D eigenvalue weighted by molar-refractivity contribution is 14.1. The van der Waals surface area contributed by atoms with Crippen LogP contribution in [0.1, 0.15) is 75.6 Å². The Bertz CT molecular complexity index is 1100. The normalized spacial score (nSPS) is 18.3. The molecule has 0 aliphatic heterocycles. The predicted molar refractivity (Wildman–Crippen MR) is 138 cm³/mol. The van der Waals surface area contributed by atoms with Gasteiger partial charge in [-0.1, -0.05) is 32.9 Å². The first-order chi connectivity index (χ1) is 15.6. The molecular weight excluding hydrogens is 527 g/mol. The summed E-state index contributed by atoms with van der Waals surface area (Å²) in [5.74, 6) is -0.288. The van der Waals surface area contributed by atoms with E-state index in [0.29, 0.717) is 43.5 Å². The molecule has 0 saturated heterocycles. The summed E-state index contributed by atoms with van der Waals surface area (Å²) in [6, 6.07) is 14.0. The van der Waals surface area contributed by atoms with Gasteiger partial charge in [0.1, 0.15) is 0 Å². The zero-order valence-electron chi connectivity index (χ0n) is 19.8. The number of aryl methyl sites for hydroxylation is 1. The second kappa shape index (κ2) is 10.3.